The summed E-state index contributed by atoms with van der Waals surface area (Å²) in [6.07, 6.45) is -0.378. The van der Waals surface area contributed by atoms with Crippen LogP contribution in [0.2, 0.25) is 5.02 Å². The zero-order chi connectivity index (χ0) is 25.8. The molecule has 2 aliphatic heterocycles. The minimum Gasteiger partial charge on any atom is -0.349 e. The summed E-state index contributed by atoms with van der Waals surface area (Å²) in [5.41, 5.74) is 5.07. The van der Waals surface area contributed by atoms with Crippen LogP contribution < -0.4 is 4.90 Å². The van der Waals surface area contributed by atoms with Crippen LogP contribution in [0.4, 0.5) is 5.69 Å². The van der Waals surface area contributed by atoms with Gasteiger partial charge in [0.25, 0.3) is 0 Å². The van der Waals surface area contributed by atoms with Crippen LogP contribution in [0.25, 0.3) is 0 Å². The Balaban J connectivity index is 1.55. The molecule has 1 saturated heterocycles. The van der Waals surface area contributed by atoms with Gasteiger partial charge in [-0.1, -0.05) is 96.9 Å². The third kappa shape index (κ3) is 3.88. The van der Waals surface area contributed by atoms with Gasteiger partial charge in [-0.05, 0) is 53.9 Å². The molecule has 188 valence electrons. The minimum atomic E-state index is -3.77. The van der Waals surface area contributed by atoms with E-state index in [4.69, 9.17) is 11.6 Å². The molecule has 2 heterocycles. The summed E-state index contributed by atoms with van der Waals surface area (Å²) in [6, 6.07) is 33.7. The lowest BCUT2D eigenvalue weighted by Crippen LogP contribution is -2.51. The monoisotopic (exact) mass is 528 g/mol. The van der Waals surface area contributed by atoms with E-state index < -0.39 is 15.4 Å². The first-order valence-electron chi connectivity index (χ1n) is 12.5. The van der Waals surface area contributed by atoms with Crippen molar-refractivity contribution >= 4 is 27.3 Å². The quantitative estimate of drug-likeness (QED) is 0.288. The fourth-order valence-electron chi connectivity index (χ4n) is 6.24. The summed E-state index contributed by atoms with van der Waals surface area (Å²) in [6.45, 7) is 5.20. The van der Waals surface area contributed by atoms with Gasteiger partial charge in [0.1, 0.15) is 6.17 Å². The van der Waals surface area contributed by atoms with Crippen LogP contribution in [0.1, 0.15) is 35.1 Å². The zero-order valence-electron chi connectivity index (χ0n) is 20.9. The Labute approximate surface area is 224 Å². The van der Waals surface area contributed by atoms with Gasteiger partial charge < -0.3 is 4.90 Å². The van der Waals surface area contributed by atoms with Crippen molar-refractivity contribution in [1.82, 2.24) is 4.31 Å². The van der Waals surface area contributed by atoms with Gasteiger partial charge in [-0.15, -0.1) is 0 Å². The van der Waals surface area contributed by atoms with Gasteiger partial charge in [-0.2, -0.15) is 4.31 Å². The highest BCUT2D eigenvalue weighted by Gasteiger charge is 2.62. The zero-order valence-corrected chi connectivity index (χ0v) is 22.5. The van der Waals surface area contributed by atoms with Crippen LogP contribution in [0.15, 0.2) is 108 Å². The Kier molecular flexibility index (Phi) is 5.90. The van der Waals surface area contributed by atoms with E-state index in [1.165, 1.54) is 5.56 Å². The van der Waals surface area contributed by atoms with Crippen LogP contribution in [-0.2, 0) is 22.0 Å². The molecule has 4 aromatic rings. The first kappa shape index (κ1) is 24.2. The molecule has 0 N–H and O–H groups in total. The van der Waals surface area contributed by atoms with Gasteiger partial charge in [-0.3, -0.25) is 0 Å². The number of halogens is 1. The van der Waals surface area contributed by atoms with E-state index in [1.54, 1.807) is 16.4 Å². The molecule has 0 spiro atoms. The number of fused-ring (bicyclic) bond motifs is 3. The van der Waals surface area contributed by atoms with E-state index in [2.05, 4.69) is 42.2 Å². The molecule has 0 radical (unpaired) electrons. The van der Waals surface area contributed by atoms with E-state index >= 15 is 0 Å². The lowest BCUT2D eigenvalue weighted by Gasteiger charge is -2.37. The van der Waals surface area contributed by atoms with E-state index in [-0.39, 0.29) is 12.1 Å². The van der Waals surface area contributed by atoms with Crippen LogP contribution in [0.5, 0.6) is 0 Å². The molecule has 0 bridgehead atoms. The molecule has 2 aliphatic rings. The first-order chi connectivity index (χ1) is 17.8. The topological polar surface area (TPSA) is 40.6 Å². The van der Waals surface area contributed by atoms with E-state index in [0.29, 0.717) is 23.0 Å². The number of hydrogen-bond acceptors (Lipinski definition) is 3. The van der Waals surface area contributed by atoms with Crippen molar-refractivity contribution in [2.75, 3.05) is 11.4 Å². The molecule has 1 fully saturated rings. The molecule has 6 rings (SSSR count). The standard InChI is InChI=1S/C31H29ClN2O2S/c1-22-12-18-26(19-13-22)37(35,36)34-21-28(24-14-16-25(32)17-15-24)31(2)27-10-6-7-11-29(27)33(30(31)34)20-23-8-4-3-5-9-23/h3-19,28,30H,20-21H2,1-2H3. The second-order valence-electron chi connectivity index (χ2n) is 10.3. The third-order valence-electron chi connectivity index (χ3n) is 8.08. The van der Waals surface area contributed by atoms with Crippen molar-refractivity contribution in [2.45, 2.75) is 42.8 Å². The highest BCUT2D eigenvalue weighted by Crippen LogP contribution is 2.59. The predicted octanol–water partition coefficient (Wildman–Crippen LogP) is 6.74. The Morgan fingerprint density at radius 2 is 1.51 bits per heavy atom. The summed E-state index contributed by atoms with van der Waals surface area (Å²) in [5, 5.41) is 0.671. The largest absolute Gasteiger partial charge is 0.349 e. The predicted molar refractivity (Wildman–Crippen MR) is 149 cm³/mol. The van der Waals surface area contributed by atoms with Crippen LogP contribution >= 0.6 is 11.6 Å². The van der Waals surface area contributed by atoms with Crippen molar-refractivity contribution < 1.29 is 8.42 Å². The molecule has 0 aliphatic carbocycles. The fourth-order valence-corrected chi connectivity index (χ4v) is 8.06. The van der Waals surface area contributed by atoms with Crippen LogP contribution in [-0.4, -0.2) is 25.4 Å². The number of sulfonamides is 1. The molecule has 4 aromatic carbocycles. The van der Waals surface area contributed by atoms with Gasteiger partial charge in [0, 0.05) is 35.1 Å². The maximum Gasteiger partial charge on any atom is 0.244 e. The van der Waals surface area contributed by atoms with E-state index in [0.717, 1.165) is 22.4 Å². The van der Waals surface area contributed by atoms with Gasteiger partial charge >= 0.3 is 0 Å². The average Bonchev–Trinajstić information content (AvgIpc) is 3.35. The molecular weight excluding hydrogens is 500 g/mol. The Morgan fingerprint density at radius 3 is 2.22 bits per heavy atom. The van der Waals surface area contributed by atoms with Gasteiger partial charge in [0.05, 0.1) is 4.90 Å². The minimum absolute atomic E-state index is 0.0445. The highest BCUT2D eigenvalue weighted by molar-refractivity contribution is 7.89. The number of nitrogens with zero attached hydrogens (tertiary/aromatic N) is 2. The second kappa shape index (κ2) is 9.02. The number of benzene rings is 4. The Morgan fingerprint density at radius 1 is 0.865 bits per heavy atom. The molecule has 0 saturated carbocycles. The summed E-state index contributed by atoms with van der Waals surface area (Å²) in [4.78, 5) is 2.61. The first-order valence-corrected chi connectivity index (χ1v) is 14.4. The summed E-state index contributed by atoms with van der Waals surface area (Å²) >= 11 is 6.24. The Hall–Kier alpha value is -3.12. The molecule has 0 aromatic heterocycles. The lowest BCUT2D eigenvalue weighted by atomic mass is 9.71. The van der Waals surface area contributed by atoms with Gasteiger partial charge in [0.2, 0.25) is 10.0 Å². The molecule has 6 heteroatoms. The molecule has 0 amide bonds. The normalized spacial score (nSPS) is 23.2. The molecule has 3 atom stereocenters. The van der Waals surface area contributed by atoms with E-state index in [1.807, 2.05) is 67.6 Å². The average molecular weight is 529 g/mol. The summed E-state index contributed by atoms with van der Waals surface area (Å²) in [7, 11) is -3.77. The van der Waals surface area contributed by atoms with Crippen molar-refractivity contribution in [3.8, 4) is 0 Å². The van der Waals surface area contributed by atoms with Crippen LogP contribution in [0, 0.1) is 6.92 Å². The number of rotatable bonds is 5. The van der Waals surface area contributed by atoms with E-state index in [9.17, 15) is 8.42 Å². The van der Waals surface area contributed by atoms with Crippen molar-refractivity contribution in [1.29, 1.82) is 0 Å². The molecular formula is C31H29ClN2O2S. The number of para-hydroxylation sites is 1. The smallest absolute Gasteiger partial charge is 0.244 e. The van der Waals surface area contributed by atoms with Crippen LogP contribution in [0.3, 0.4) is 0 Å². The van der Waals surface area contributed by atoms with Crippen molar-refractivity contribution in [2.24, 2.45) is 0 Å². The maximum absolute atomic E-state index is 14.3. The maximum atomic E-state index is 14.3. The summed E-state index contributed by atoms with van der Waals surface area (Å²) < 4.78 is 30.3. The second-order valence-corrected chi connectivity index (χ2v) is 12.6. The Bertz CT molecular complexity index is 1540. The summed E-state index contributed by atoms with van der Waals surface area (Å²) in [5.74, 6) is -0.0445. The van der Waals surface area contributed by atoms with Gasteiger partial charge in [0.15, 0.2) is 0 Å². The molecule has 3 unspecified atom stereocenters. The lowest BCUT2D eigenvalue weighted by molar-refractivity contribution is 0.313. The highest BCUT2D eigenvalue weighted by atomic mass is 35.5. The number of hydrogen-bond donors (Lipinski definition) is 0. The molecule has 4 nitrogen and oxygen atoms in total. The third-order valence-corrected chi connectivity index (χ3v) is 10.2. The van der Waals surface area contributed by atoms with Crippen molar-refractivity contribution in [3.63, 3.8) is 0 Å². The van der Waals surface area contributed by atoms with Crippen molar-refractivity contribution in [3.05, 3.63) is 130 Å². The molecule has 37 heavy (non-hydrogen) atoms. The number of aryl methyl sites for hydroxylation is 1. The SMILES string of the molecule is Cc1ccc(S(=O)(=O)N2CC(c3ccc(Cl)cc3)C3(C)c4ccccc4N(Cc4ccccc4)C23)cc1. The van der Waals surface area contributed by atoms with Gasteiger partial charge in [-0.25, -0.2) is 8.42 Å². The fraction of sp³-hybridized carbons (Fsp3) is 0.226. The number of anilines is 1.